The van der Waals surface area contributed by atoms with Crippen LogP contribution in [0.2, 0.25) is 0 Å². The van der Waals surface area contributed by atoms with Crippen LogP contribution in [0.1, 0.15) is 12.0 Å². The third kappa shape index (κ3) is 6.10. The molecule has 1 amide bonds. The molecule has 0 aromatic heterocycles. The molecule has 0 atom stereocenters. The predicted octanol–water partition coefficient (Wildman–Crippen LogP) is 2.67. The zero-order chi connectivity index (χ0) is 16.3. The van der Waals surface area contributed by atoms with Gasteiger partial charge in [0.25, 0.3) is 0 Å². The van der Waals surface area contributed by atoms with E-state index < -0.39 is 0 Å². The number of nitrogens with one attached hydrogen (secondary N) is 1. The van der Waals surface area contributed by atoms with E-state index >= 15 is 0 Å². The quantitative estimate of drug-likeness (QED) is 0.761. The second kappa shape index (κ2) is 9.11. The first-order valence-corrected chi connectivity index (χ1v) is 7.31. The highest BCUT2D eigenvalue weighted by molar-refractivity contribution is 5.77. The Morgan fingerprint density at radius 2 is 1.57 bits per heavy atom. The molecule has 2 rings (SSSR count). The van der Waals surface area contributed by atoms with Gasteiger partial charge in [-0.15, -0.1) is 0 Å². The Balaban J connectivity index is 1.68. The van der Waals surface area contributed by atoms with Crippen molar-refractivity contribution in [2.45, 2.75) is 13.0 Å². The highest BCUT2D eigenvalue weighted by Crippen LogP contribution is 2.13. The monoisotopic (exact) mass is 310 g/mol. The maximum absolute atomic E-state index is 11.2. The van der Waals surface area contributed by atoms with Crippen LogP contribution in [0.25, 0.3) is 0 Å². The number of hydrogen-bond acceptors (Lipinski definition) is 4. The van der Waals surface area contributed by atoms with Crippen molar-refractivity contribution in [1.82, 2.24) is 5.32 Å². The lowest BCUT2D eigenvalue weighted by Gasteiger charge is -2.09. The van der Waals surface area contributed by atoms with E-state index in [0.717, 1.165) is 17.1 Å². The molecular weight excluding hydrogens is 292 g/mol. The highest BCUT2D eigenvalue weighted by Gasteiger charge is 2.00. The van der Waals surface area contributed by atoms with Crippen LogP contribution < -0.4 is 14.8 Å². The number of amides is 1. The fourth-order valence-corrected chi connectivity index (χ4v) is 1.87. The van der Waals surface area contributed by atoms with Crippen LogP contribution >= 0.6 is 0 Å². The van der Waals surface area contributed by atoms with Gasteiger partial charge in [0, 0.05) is 6.54 Å². The molecule has 0 aliphatic rings. The Labute approximate surface area is 135 Å². The van der Waals surface area contributed by atoms with Crippen molar-refractivity contribution in [2.75, 3.05) is 13.2 Å². The molecule has 5 nitrogen and oxygen atoms in total. The van der Waals surface area contributed by atoms with Gasteiger partial charge in [0.05, 0.1) is 6.07 Å². The van der Waals surface area contributed by atoms with Crippen LogP contribution in [0.4, 0.5) is 0 Å². The van der Waals surface area contributed by atoms with Crippen LogP contribution in [0, 0.1) is 11.3 Å². The van der Waals surface area contributed by atoms with E-state index in [4.69, 9.17) is 14.7 Å². The van der Waals surface area contributed by atoms with Gasteiger partial charge in [-0.25, -0.2) is 0 Å². The van der Waals surface area contributed by atoms with Gasteiger partial charge in [0.2, 0.25) is 5.91 Å². The first kappa shape index (κ1) is 16.4. The Morgan fingerprint density at radius 3 is 2.17 bits per heavy atom. The number of ether oxygens (including phenoxy) is 2. The Morgan fingerprint density at radius 1 is 0.957 bits per heavy atom. The van der Waals surface area contributed by atoms with Crippen molar-refractivity contribution in [3.63, 3.8) is 0 Å². The molecule has 0 saturated heterocycles. The molecule has 0 aliphatic heterocycles. The number of nitrogens with zero attached hydrogens (tertiary/aromatic N) is 1. The predicted molar refractivity (Wildman–Crippen MR) is 86.0 cm³/mol. The summed E-state index contributed by atoms with van der Waals surface area (Å²) in [6.45, 7) is 1.32. The fraction of sp³-hybridized carbons (Fsp3) is 0.222. The molecule has 118 valence electrons. The minimum absolute atomic E-state index is 0.122. The third-order valence-corrected chi connectivity index (χ3v) is 3.02. The van der Waals surface area contributed by atoms with E-state index in [-0.39, 0.29) is 12.3 Å². The molecule has 0 fully saturated rings. The van der Waals surface area contributed by atoms with E-state index in [0.29, 0.717) is 19.8 Å². The molecule has 2 aromatic rings. The maximum Gasteiger partial charge on any atom is 0.234 e. The van der Waals surface area contributed by atoms with Gasteiger partial charge in [-0.2, -0.15) is 5.26 Å². The molecule has 0 unspecified atom stereocenters. The summed E-state index contributed by atoms with van der Waals surface area (Å²) >= 11 is 0. The number of carbonyl (C=O) groups is 1. The number of para-hydroxylation sites is 1. The van der Waals surface area contributed by atoms with Crippen molar-refractivity contribution in [3.8, 4) is 17.6 Å². The van der Waals surface area contributed by atoms with E-state index in [1.54, 1.807) is 0 Å². The summed E-state index contributed by atoms with van der Waals surface area (Å²) in [5.74, 6) is 1.29. The van der Waals surface area contributed by atoms with E-state index in [9.17, 15) is 4.79 Å². The van der Waals surface area contributed by atoms with Crippen molar-refractivity contribution >= 4 is 5.91 Å². The van der Waals surface area contributed by atoms with Gasteiger partial charge in [0.15, 0.2) is 0 Å². The van der Waals surface area contributed by atoms with Gasteiger partial charge in [-0.1, -0.05) is 30.3 Å². The summed E-state index contributed by atoms with van der Waals surface area (Å²) in [6.07, 6.45) is -0.122. The van der Waals surface area contributed by atoms with Crippen LogP contribution in [0.15, 0.2) is 54.6 Å². The first-order chi connectivity index (χ1) is 11.3. The molecule has 5 heteroatoms. The molecule has 0 spiro atoms. The number of nitriles is 1. The molecule has 0 aliphatic carbocycles. The van der Waals surface area contributed by atoms with Gasteiger partial charge < -0.3 is 14.8 Å². The van der Waals surface area contributed by atoms with E-state index in [2.05, 4.69) is 5.32 Å². The molecule has 23 heavy (non-hydrogen) atoms. The summed E-state index contributed by atoms with van der Waals surface area (Å²) < 4.78 is 11.1. The highest BCUT2D eigenvalue weighted by atomic mass is 16.5. The molecule has 1 N–H and O–H groups in total. The zero-order valence-electron chi connectivity index (χ0n) is 12.7. The molecule has 2 aromatic carbocycles. The van der Waals surface area contributed by atoms with Crippen LogP contribution in [-0.2, 0) is 11.3 Å². The topological polar surface area (TPSA) is 71.4 Å². The number of carbonyl (C=O) groups excluding carboxylic acids is 1. The van der Waals surface area contributed by atoms with E-state index in [1.165, 1.54) is 0 Å². The largest absolute Gasteiger partial charge is 0.490 e. The lowest BCUT2D eigenvalue weighted by molar-refractivity contribution is -0.120. The lowest BCUT2D eigenvalue weighted by Crippen LogP contribution is -2.21. The van der Waals surface area contributed by atoms with Gasteiger partial charge in [-0.3, -0.25) is 4.79 Å². The third-order valence-electron chi connectivity index (χ3n) is 3.02. The average Bonchev–Trinajstić information content (AvgIpc) is 2.59. The summed E-state index contributed by atoms with van der Waals surface area (Å²) in [4.78, 5) is 11.2. The van der Waals surface area contributed by atoms with Gasteiger partial charge >= 0.3 is 0 Å². The van der Waals surface area contributed by atoms with Gasteiger partial charge in [-0.05, 0) is 29.8 Å². The minimum Gasteiger partial charge on any atom is -0.490 e. The Hall–Kier alpha value is -3.00. The zero-order valence-corrected chi connectivity index (χ0v) is 12.7. The average molecular weight is 310 g/mol. The van der Waals surface area contributed by atoms with Gasteiger partial charge in [0.1, 0.15) is 31.1 Å². The second-order valence-electron chi connectivity index (χ2n) is 4.77. The Bertz CT molecular complexity index is 648. The molecule has 0 saturated carbocycles. The summed E-state index contributed by atoms with van der Waals surface area (Å²) in [5.41, 5.74) is 0.948. The van der Waals surface area contributed by atoms with Crippen LogP contribution in [0.5, 0.6) is 11.5 Å². The smallest absolute Gasteiger partial charge is 0.234 e. The number of hydrogen-bond donors (Lipinski definition) is 1. The van der Waals surface area contributed by atoms with Crippen LogP contribution in [0.3, 0.4) is 0 Å². The normalized spacial score (nSPS) is 9.70. The summed E-state index contributed by atoms with van der Waals surface area (Å²) in [7, 11) is 0. The first-order valence-electron chi connectivity index (χ1n) is 7.31. The number of benzene rings is 2. The van der Waals surface area contributed by atoms with Crippen molar-refractivity contribution in [2.24, 2.45) is 0 Å². The molecular formula is C18H18N2O3. The van der Waals surface area contributed by atoms with E-state index in [1.807, 2.05) is 60.7 Å². The number of rotatable bonds is 8. The standard InChI is InChI=1S/C18H18N2O3/c19-11-10-18(21)20-14-15-6-8-17(9-7-15)23-13-12-22-16-4-2-1-3-5-16/h1-9H,10,12-14H2,(H,20,21). The second-order valence-corrected chi connectivity index (χ2v) is 4.77. The SMILES string of the molecule is N#CCC(=O)NCc1ccc(OCCOc2ccccc2)cc1. The molecule has 0 bridgehead atoms. The maximum atomic E-state index is 11.2. The molecule has 0 heterocycles. The fourth-order valence-electron chi connectivity index (χ4n) is 1.87. The van der Waals surface area contributed by atoms with Crippen LogP contribution in [-0.4, -0.2) is 19.1 Å². The lowest BCUT2D eigenvalue weighted by atomic mass is 10.2. The summed E-state index contributed by atoms with van der Waals surface area (Å²) in [6, 6.07) is 18.8. The van der Waals surface area contributed by atoms with Crippen molar-refractivity contribution < 1.29 is 14.3 Å². The molecule has 0 radical (unpaired) electrons. The van der Waals surface area contributed by atoms with Crippen molar-refractivity contribution in [3.05, 3.63) is 60.2 Å². The van der Waals surface area contributed by atoms with Crippen molar-refractivity contribution in [1.29, 1.82) is 5.26 Å². The summed E-state index contributed by atoms with van der Waals surface area (Å²) in [5, 5.41) is 11.1. The minimum atomic E-state index is -0.272. The Kier molecular flexibility index (Phi) is 6.48.